The quantitative estimate of drug-likeness (QED) is 0.123. The van der Waals surface area contributed by atoms with Crippen molar-refractivity contribution in [2.45, 2.75) is 141 Å². The molecular formula is C45H57NO14. The first kappa shape index (κ1) is 44.9. The summed E-state index contributed by atoms with van der Waals surface area (Å²) in [4.78, 5) is 69.4. The number of nitrogens with one attached hydrogen (secondary N) is 1. The number of amides is 1. The molecule has 326 valence electrons. The molecule has 15 nitrogen and oxygen atoms in total. The van der Waals surface area contributed by atoms with Crippen LogP contribution in [0.4, 0.5) is 4.79 Å². The molecule has 5 N–H and O–H groups in total. The van der Waals surface area contributed by atoms with Gasteiger partial charge in [0.2, 0.25) is 0 Å². The van der Waals surface area contributed by atoms with E-state index in [-0.39, 0.29) is 29.7 Å². The summed E-state index contributed by atoms with van der Waals surface area (Å²) in [5.41, 5.74) is -8.08. The van der Waals surface area contributed by atoms with Crippen molar-refractivity contribution in [2.75, 3.05) is 6.61 Å². The van der Waals surface area contributed by atoms with E-state index in [1.54, 1.807) is 76.2 Å². The van der Waals surface area contributed by atoms with Crippen LogP contribution in [0, 0.1) is 16.7 Å². The van der Waals surface area contributed by atoms with Crippen molar-refractivity contribution in [3.8, 4) is 0 Å². The number of ketones is 1. The Kier molecular flexibility index (Phi) is 12.2. The molecule has 0 aromatic heterocycles. The summed E-state index contributed by atoms with van der Waals surface area (Å²) in [6.45, 7) is 12.3. The minimum absolute atomic E-state index is 0.0610. The molecule has 1 heterocycles. The molecule has 3 fully saturated rings. The summed E-state index contributed by atoms with van der Waals surface area (Å²) in [7, 11) is 0. The van der Waals surface area contributed by atoms with Gasteiger partial charge in [0.15, 0.2) is 17.5 Å². The number of benzene rings is 2. The second-order valence-corrected chi connectivity index (χ2v) is 18.0. The van der Waals surface area contributed by atoms with Crippen LogP contribution in [0.5, 0.6) is 0 Å². The first-order valence-corrected chi connectivity index (χ1v) is 20.4. The third-order valence-corrected chi connectivity index (χ3v) is 13.4. The Labute approximate surface area is 349 Å². The molecule has 2 saturated carbocycles. The number of rotatable bonds is 11. The fourth-order valence-electron chi connectivity index (χ4n) is 10.2. The van der Waals surface area contributed by atoms with Gasteiger partial charge in [-0.05, 0) is 63.0 Å². The van der Waals surface area contributed by atoms with Gasteiger partial charge in [-0.2, -0.15) is 0 Å². The smallest absolute Gasteiger partial charge is 0.408 e. The van der Waals surface area contributed by atoms with Crippen molar-refractivity contribution in [2.24, 2.45) is 16.7 Å². The predicted octanol–water partition coefficient (Wildman–Crippen LogP) is 4.04. The maximum atomic E-state index is 15.0. The lowest BCUT2D eigenvalue weighted by Gasteiger charge is -2.67. The minimum Gasteiger partial charge on any atom is -0.456 e. The van der Waals surface area contributed by atoms with Crippen LogP contribution in [-0.2, 0) is 38.1 Å². The van der Waals surface area contributed by atoms with Crippen molar-refractivity contribution in [1.29, 1.82) is 0 Å². The maximum Gasteiger partial charge on any atom is 0.408 e. The number of carbonyl (C=O) groups excluding carboxylic acids is 5. The van der Waals surface area contributed by atoms with Crippen molar-refractivity contribution >= 4 is 29.8 Å². The van der Waals surface area contributed by atoms with Gasteiger partial charge in [0.25, 0.3) is 0 Å². The number of hydrogen-bond acceptors (Lipinski definition) is 14. The average molecular weight is 836 g/mol. The van der Waals surface area contributed by atoms with E-state index in [1.807, 2.05) is 6.92 Å². The monoisotopic (exact) mass is 835 g/mol. The van der Waals surface area contributed by atoms with E-state index >= 15 is 0 Å². The van der Waals surface area contributed by atoms with Gasteiger partial charge in [-0.25, -0.2) is 14.4 Å². The zero-order valence-electron chi connectivity index (χ0n) is 35.3. The van der Waals surface area contributed by atoms with Gasteiger partial charge in [0, 0.05) is 25.2 Å². The van der Waals surface area contributed by atoms with Gasteiger partial charge < -0.3 is 49.4 Å². The summed E-state index contributed by atoms with van der Waals surface area (Å²) in [5.74, 6) is -5.35. The molecule has 11 atom stereocenters. The normalized spacial score (nSPS) is 33.0. The number of ether oxygens (including phenoxy) is 5. The van der Waals surface area contributed by atoms with Crippen molar-refractivity contribution < 1.29 is 68.1 Å². The van der Waals surface area contributed by atoms with Crippen molar-refractivity contribution in [1.82, 2.24) is 5.32 Å². The molecule has 60 heavy (non-hydrogen) atoms. The van der Waals surface area contributed by atoms with E-state index in [2.05, 4.69) is 5.32 Å². The Morgan fingerprint density at radius 3 is 2.17 bits per heavy atom. The second kappa shape index (κ2) is 16.3. The largest absolute Gasteiger partial charge is 0.456 e. The van der Waals surface area contributed by atoms with E-state index in [9.17, 15) is 44.4 Å². The number of fused-ring (bicyclic) bond motifs is 5. The van der Waals surface area contributed by atoms with Gasteiger partial charge in [0.1, 0.15) is 35.6 Å². The first-order chi connectivity index (χ1) is 28.1. The molecule has 3 aliphatic carbocycles. The van der Waals surface area contributed by atoms with Gasteiger partial charge in [-0.15, -0.1) is 0 Å². The molecule has 15 heteroatoms. The topological polar surface area (TPSA) is 224 Å². The summed E-state index contributed by atoms with van der Waals surface area (Å²) in [6, 6.07) is 14.7. The zero-order chi connectivity index (χ0) is 44.2. The lowest BCUT2D eigenvalue weighted by Crippen LogP contribution is -2.81. The molecule has 0 spiro atoms. The summed E-state index contributed by atoms with van der Waals surface area (Å²) in [5, 5.41) is 51.8. The van der Waals surface area contributed by atoms with E-state index in [0.29, 0.717) is 12.0 Å². The number of aliphatic hydroxyl groups is 4. The van der Waals surface area contributed by atoms with E-state index in [4.69, 9.17) is 23.7 Å². The molecule has 2 bridgehead atoms. The highest BCUT2D eigenvalue weighted by Gasteiger charge is 2.78. The van der Waals surface area contributed by atoms with Gasteiger partial charge in [-0.1, -0.05) is 75.7 Å². The number of aliphatic hydroxyl groups excluding tert-OH is 3. The number of carbonyl (C=O) groups is 5. The number of alkyl carbamates (subject to hydrolysis) is 1. The van der Waals surface area contributed by atoms with E-state index in [1.165, 1.54) is 26.0 Å². The molecule has 1 saturated heterocycles. The van der Waals surface area contributed by atoms with E-state index in [0.717, 1.165) is 13.3 Å². The lowest BCUT2D eigenvalue weighted by atomic mass is 9.44. The number of esters is 3. The van der Waals surface area contributed by atoms with Crippen molar-refractivity contribution in [3.63, 3.8) is 0 Å². The molecule has 2 aromatic carbocycles. The fourth-order valence-corrected chi connectivity index (χ4v) is 10.2. The molecule has 0 unspecified atom stereocenters. The number of hydrogen-bond donors (Lipinski definition) is 5. The standard InChI is InChI=1S/C45H57NO14/c1-9-20-41(4,5)60-40(54)46-32(26-16-12-10-13-17-26)34(50)39(53)57-28-22-45(55)37(58-38(52)27-18-14-11-15-19-27)35-43(8,36(51)33(49)31(24(28)2)42(45,6)7)29(48)21-30-44(35,23-56-30)59-25(3)47/h10-19,28-30,32-35,37,48-50,55H,9,20-23H2,1-8H3,(H,46,54)/t28-,29-,30+,32-,33+,34+,35-,37-,43+,44-,45+/m0/s1. The fraction of sp³-hybridized carbons (Fsp3) is 0.578. The Balaban J connectivity index is 1.46. The third-order valence-electron chi connectivity index (χ3n) is 13.4. The zero-order valence-corrected chi connectivity index (χ0v) is 35.3. The SMILES string of the molecule is CCCC(C)(C)OC(=O)N[C@@H](c1ccccc1)[C@@H](O)C(=O)O[C@H]1C[C@@]2(O)[C@@H](OC(=O)c3ccccc3)[C@@H]3[C@]4(OC(C)=O)CO[C@@H]4C[C@H](O)[C@@]3(C)C(=O)[C@H](O)C(=C1C)C2(C)C. The molecule has 1 amide bonds. The van der Waals surface area contributed by atoms with Crippen LogP contribution >= 0.6 is 0 Å². The highest BCUT2D eigenvalue weighted by atomic mass is 16.6. The molecule has 6 rings (SSSR count). The van der Waals surface area contributed by atoms with Crippen molar-refractivity contribution in [3.05, 3.63) is 82.9 Å². The molecular weight excluding hydrogens is 778 g/mol. The van der Waals surface area contributed by atoms with Crippen LogP contribution in [0.15, 0.2) is 71.8 Å². The Morgan fingerprint density at radius 2 is 1.60 bits per heavy atom. The summed E-state index contributed by atoms with van der Waals surface area (Å²) >= 11 is 0. The van der Waals surface area contributed by atoms with Crippen LogP contribution < -0.4 is 5.32 Å². The van der Waals surface area contributed by atoms with Gasteiger partial charge >= 0.3 is 24.0 Å². The van der Waals surface area contributed by atoms with Crippen LogP contribution in [0.1, 0.15) is 103 Å². The molecule has 2 aromatic rings. The minimum atomic E-state index is -2.36. The number of Topliss-reactive ketones (excluding diaryl/α,β-unsaturated/α-hetero) is 1. The molecule has 4 aliphatic rings. The average Bonchev–Trinajstić information content (AvgIpc) is 3.18. The van der Waals surface area contributed by atoms with Crippen LogP contribution in [0.3, 0.4) is 0 Å². The predicted molar refractivity (Wildman–Crippen MR) is 213 cm³/mol. The van der Waals surface area contributed by atoms with Crippen LogP contribution in [0.2, 0.25) is 0 Å². The van der Waals surface area contributed by atoms with Gasteiger partial charge in [-0.3, -0.25) is 9.59 Å². The van der Waals surface area contributed by atoms with Gasteiger partial charge in [0.05, 0.1) is 35.6 Å². The first-order valence-electron chi connectivity index (χ1n) is 20.4. The lowest BCUT2D eigenvalue weighted by molar-refractivity contribution is -0.346. The molecule has 1 aliphatic heterocycles. The molecule has 0 radical (unpaired) electrons. The maximum absolute atomic E-state index is 15.0. The Bertz CT molecular complexity index is 2020. The Morgan fingerprint density at radius 1 is 0.983 bits per heavy atom. The highest BCUT2D eigenvalue weighted by molar-refractivity contribution is 5.94. The Hall–Kier alpha value is -4.67. The highest BCUT2D eigenvalue weighted by Crippen LogP contribution is 2.64. The van der Waals surface area contributed by atoms with Crippen LogP contribution in [0.25, 0.3) is 0 Å². The van der Waals surface area contributed by atoms with E-state index < -0.39 is 112 Å². The second-order valence-electron chi connectivity index (χ2n) is 18.0. The van der Waals surface area contributed by atoms with Crippen LogP contribution in [-0.4, -0.2) is 110 Å². The summed E-state index contributed by atoms with van der Waals surface area (Å²) < 4.78 is 29.8. The third kappa shape index (κ3) is 7.52. The summed E-state index contributed by atoms with van der Waals surface area (Å²) in [6.07, 6.45) is -10.2.